The molecule has 0 bridgehead atoms. The fraction of sp³-hybridized carbons (Fsp3) is 0.684. The first-order valence-corrected chi connectivity index (χ1v) is 10.5. The first-order valence-electron chi connectivity index (χ1n) is 9.01. The van der Waals surface area contributed by atoms with Crippen LogP contribution in [0.25, 0.3) is 0 Å². The zero-order chi connectivity index (χ0) is 17.8. The zero-order valence-electron chi connectivity index (χ0n) is 15.2. The number of rotatable bonds is 8. The van der Waals surface area contributed by atoms with E-state index >= 15 is 0 Å². The Morgan fingerprint density at radius 2 is 1.92 bits per heavy atom. The van der Waals surface area contributed by atoms with Crippen molar-refractivity contribution in [2.24, 2.45) is 0 Å². The number of hydrogen-bond acceptors (Lipinski definition) is 3. The van der Waals surface area contributed by atoms with E-state index in [-0.39, 0.29) is 5.41 Å². The predicted molar refractivity (Wildman–Crippen MR) is 98.8 cm³/mol. The monoisotopic (exact) mass is 353 g/mol. The number of nitrogens with zero attached hydrogens (tertiary/aromatic N) is 1. The molecule has 0 aliphatic carbocycles. The van der Waals surface area contributed by atoms with E-state index in [4.69, 9.17) is 0 Å². The summed E-state index contributed by atoms with van der Waals surface area (Å²) in [7, 11) is -4.01. The van der Waals surface area contributed by atoms with Gasteiger partial charge in [0.1, 0.15) is 0 Å². The van der Waals surface area contributed by atoms with E-state index in [0.29, 0.717) is 13.0 Å². The van der Waals surface area contributed by atoms with Gasteiger partial charge in [-0.3, -0.25) is 9.45 Å². The molecule has 1 heterocycles. The molecule has 2 rings (SSSR count). The van der Waals surface area contributed by atoms with E-state index in [2.05, 4.69) is 43.9 Å². The second-order valence-corrected chi connectivity index (χ2v) is 9.39. The average Bonchev–Trinajstić information content (AvgIpc) is 2.49. The van der Waals surface area contributed by atoms with Gasteiger partial charge in [-0.1, -0.05) is 70.7 Å². The summed E-state index contributed by atoms with van der Waals surface area (Å²) in [4.78, 5) is 2.18. The molecule has 5 heteroatoms. The molecule has 1 aromatic carbocycles. The van der Waals surface area contributed by atoms with Gasteiger partial charge in [-0.15, -0.1) is 0 Å². The van der Waals surface area contributed by atoms with Crippen molar-refractivity contribution in [3.05, 3.63) is 35.4 Å². The minimum atomic E-state index is -4.01. The number of unbranched alkanes of at least 4 members (excludes halogenated alkanes) is 3. The predicted octanol–water partition coefficient (Wildman–Crippen LogP) is 4.01. The van der Waals surface area contributed by atoms with Crippen LogP contribution in [0.4, 0.5) is 0 Å². The minimum Gasteiger partial charge on any atom is -0.297 e. The molecule has 1 unspecified atom stereocenters. The summed E-state index contributed by atoms with van der Waals surface area (Å²) in [5.74, 6) is 0. The van der Waals surface area contributed by atoms with Gasteiger partial charge >= 0.3 is 0 Å². The van der Waals surface area contributed by atoms with Gasteiger partial charge in [0.2, 0.25) is 0 Å². The molecular formula is C19H31NO3S. The van der Waals surface area contributed by atoms with Crippen LogP contribution in [0.3, 0.4) is 0 Å². The lowest BCUT2D eigenvalue weighted by molar-refractivity contribution is 0.189. The van der Waals surface area contributed by atoms with Crippen LogP contribution < -0.4 is 0 Å². The van der Waals surface area contributed by atoms with E-state index in [9.17, 15) is 13.0 Å². The first kappa shape index (κ1) is 19.4. The van der Waals surface area contributed by atoms with Gasteiger partial charge in [0.25, 0.3) is 10.1 Å². The van der Waals surface area contributed by atoms with E-state index in [1.165, 1.54) is 11.1 Å². The Balaban J connectivity index is 2.07. The molecule has 0 saturated heterocycles. The summed E-state index contributed by atoms with van der Waals surface area (Å²) in [6.45, 7) is 8.49. The Morgan fingerprint density at radius 3 is 2.58 bits per heavy atom. The molecule has 0 saturated carbocycles. The van der Waals surface area contributed by atoms with Gasteiger partial charge < -0.3 is 0 Å². The Labute approximate surface area is 147 Å². The van der Waals surface area contributed by atoms with E-state index in [0.717, 1.165) is 38.8 Å². The summed E-state index contributed by atoms with van der Waals surface area (Å²) >= 11 is 0. The summed E-state index contributed by atoms with van der Waals surface area (Å²) in [6.07, 6.45) is 4.65. The van der Waals surface area contributed by atoms with Gasteiger partial charge in [-0.05, 0) is 17.5 Å². The molecular weight excluding hydrogens is 322 g/mol. The largest absolute Gasteiger partial charge is 0.297 e. The summed E-state index contributed by atoms with van der Waals surface area (Å²) in [6, 6.07) is 8.37. The van der Waals surface area contributed by atoms with E-state index in [1.807, 2.05) is 6.07 Å². The molecule has 0 spiro atoms. The molecule has 0 radical (unpaired) electrons. The van der Waals surface area contributed by atoms with Crippen molar-refractivity contribution in [3.8, 4) is 0 Å². The lowest BCUT2D eigenvalue weighted by Gasteiger charge is -2.40. The number of benzene rings is 1. The molecule has 0 aromatic heterocycles. The van der Waals surface area contributed by atoms with Crippen LogP contribution in [0.15, 0.2) is 24.3 Å². The molecule has 136 valence electrons. The topological polar surface area (TPSA) is 57.6 Å². The van der Waals surface area contributed by atoms with Crippen molar-refractivity contribution in [1.82, 2.24) is 4.90 Å². The number of hydrogen-bond donors (Lipinski definition) is 1. The highest BCUT2D eigenvalue weighted by molar-refractivity contribution is 7.86. The second kappa shape index (κ2) is 7.98. The SMILES string of the molecule is CCCCCCC(CN1Cc2ccccc2C(C)(C)C1)S(=O)(=O)O. The molecule has 24 heavy (non-hydrogen) atoms. The minimum absolute atomic E-state index is 0.0131. The smallest absolute Gasteiger partial charge is 0.269 e. The average molecular weight is 354 g/mol. The standard InChI is InChI=1S/C19H31NO3S/c1-4-5-6-7-11-17(24(21,22)23)14-20-13-16-10-8-9-12-18(16)19(2,3)15-20/h8-10,12,17H,4-7,11,13-15H2,1-3H3,(H,21,22,23). The molecule has 1 aliphatic heterocycles. The Kier molecular flexibility index (Phi) is 6.46. The fourth-order valence-electron chi connectivity index (χ4n) is 3.81. The maximum Gasteiger partial charge on any atom is 0.269 e. The fourth-order valence-corrected chi connectivity index (χ4v) is 4.67. The lowest BCUT2D eigenvalue weighted by Crippen LogP contribution is -2.46. The maximum atomic E-state index is 11.8. The third-order valence-electron chi connectivity index (χ3n) is 5.02. The zero-order valence-corrected chi connectivity index (χ0v) is 16.0. The molecule has 1 aromatic rings. The molecule has 1 aliphatic rings. The summed E-state index contributed by atoms with van der Waals surface area (Å²) in [5, 5.41) is -0.685. The Hall–Kier alpha value is -0.910. The van der Waals surface area contributed by atoms with Gasteiger partial charge in [0.15, 0.2) is 0 Å². The highest BCUT2D eigenvalue weighted by atomic mass is 32.2. The van der Waals surface area contributed by atoms with Crippen molar-refractivity contribution >= 4 is 10.1 Å². The van der Waals surface area contributed by atoms with Crippen LogP contribution in [-0.4, -0.2) is 36.2 Å². The molecule has 1 atom stereocenters. The van der Waals surface area contributed by atoms with Crippen LogP contribution in [-0.2, 0) is 22.1 Å². The maximum absolute atomic E-state index is 11.8. The highest BCUT2D eigenvalue weighted by Gasteiger charge is 2.34. The van der Waals surface area contributed by atoms with Crippen LogP contribution in [0.5, 0.6) is 0 Å². The van der Waals surface area contributed by atoms with Gasteiger partial charge in [0, 0.05) is 25.0 Å². The third-order valence-corrected chi connectivity index (χ3v) is 6.25. The first-order chi connectivity index (χ1) is 11.2. The molecule has 1 N–H and O–H groups in total. The Morgan fingerprint density at radius 1 is 1.21 bits per heavy atom. The highest BCUT2D eigenvalue weighted by Crippen LogP contribution is 2.33. The van der Waals surface area contributed by atoms with Crippen LogP contribution >= 0.6 is 0 Å². The van der Waals surface area contributed by atoms with Gasteiger partial charge in [-0.25, -0.2) is 0 Å². The molecule has 4 nitrogen and oxygen atoms in total. The molecule has 0 fully saturated rings. The third kappa shape index (κ3) is 5.04. The van der Waals surface area contributed by atoms with Crippen molar-refractivity contribution in [1.29, 1.82) is 0 Å². The summed E-state index contributed by atoms with van der Waals surface area (Å²) < 4.78 is 33.2. The normalized spacial score (nSPS) is 19.0. The Bertz CT molecular complexity index is 640. The van der Waals surface area contributed by atoms with Gasteiger partial charge in [-0.2, -0.15) is 8.42 Å². The number of fused-ring (bicyclic) bond motifs is 1. The van der Waals surface area contributed by atoms with Crippen molar-refractivity contribution < 1.29 is 13.0 Å². The van der Waals surface area contributed by atoms with Gasteiger partial charge in [0.05, 0.1) is 5.25 Å². The van der Waals surface area contributed by atoms with Crippen molar-refractivity contribution in [3.63, 3.8) is 0 Å². The quantitative estimate of drug-likeness (QED) is 0.567. The summed E-state index contributed by atoms with van der Waals surface area (Å²) in [5.41, 5.74) is 2.59. The van der Waals surface area contributed by atoms with E-state index < -0.39 is 15.4 Å². The lowest BCUT2D eigenvalue weighted by atomic mass is 9.78. The van der Waals surface area contributed by atoms with Crippen LogP contribution in [0.2, 0.25) is 0 Å². The second-order valence-electron chi connectivity index (χ2n) is 7.70. The molecule has 0 amide bonds. The van der Waals surface area contributed by atoms with Crippen molar-refractivity contribution in [2.75, 3.05) is 13.1 Å². The van der Waals surface area contributed by atoms with Crippen LogP contribution in [0.1, 0.15) is 64.0 Å². The van der Waals surface area contributed by atoms with Crippen molar-refractivity contribution in [2.45, 2.75) is 70.1 Å². The van der Waals surface area contributed by atoms with E-state index in [1.54, 1.807) is 0 Å². The van der Waals surface area contributed by atoms with Crippen LogP contribution in [0, 0.1) is 0 Å².